The van der Waals surface area contributed by atoms with Gasteiger partial charge < -0.3 is 39.8 Å². The fraction of sp³-hybridized carbons (Fsp3) is 0.267. The van der Waals surface area contributed by atoms with E-state index in [1.54, 1.807) is 72.8 Å². The first-order chi connectivity index (χ1) is 20.0. The van der Waals surface area contributed by atoms with Crippen molar-refractivity contribution < 1.29 is 38.4 Å². The van der Waals surface area contributed by atoms with E-state index in [1.807, 2.05) is 0 Å². The lowest BCUT2D eigenvalue weighted by molar-refractivity contribution is -0.111. The zero-order valence-corrected chi connectivity index (χ0v) is 22.6. The van der Waals surface area contributed by atoms with Gasteiger partial charge in [0.05, 0.1) is 24.1 Å². The molecule has 1 aliphatic heterocycles. The molecule has 4 rings (SSSR count). The van der Waals surface area contributed by atoms with Crippen LogP contribution in [0.4, 0.5) is 21.9 Å². The van der Waals surface area contributed by atoms with Gasteiger partial charge in [-0.3, -0.25) is 10.1 Å². The Bertz CT molecular complexity index is 1350. The van der Waals surface area contributed by atoms with Crippen LogP contribution >= 0.6 is 0 Å². The molecule has 0 unspecified atom stereocenters. The van der Waals surface area contributed by atoms with Gasteiger partial charge in [0.1, 0.15) is 12.4 Å². The van der Waals surface area contributed by atoms with E-state index in [0.717, 1.165) is 0 Å². The largest absolute Gasteiger partial charge is 0.491 e. The molecule has 0 aromatic heterocycles. The third-order valence-corrected chi connectivity index (χ3v) is 6.17. The number of rotatable bonds is 13. The zero-order valence-electron chi connectivity index (χ0n) is 22.6. The van der Waals surface area contributed by atoms with Crippen LogP contribution in [-0.2, 0) is 14.3 Å². The summed E-state index contributed by atoms with van der Waals surface area (Å²) in [6, 6.07) is 19.0. The van der Waals surface area contributed by atoms with Crippen LogP contribution in [0.15, 0.2) is 78.9 Å². The number of hydrogen-bond acceptors (Lipinski definition) is 9. The Hall–Kier alpha value is -4.74. The number of carbonyl (C=O) groups is 2. The number of anilines is 3. The summed E-state index contributed by atoms with van der Waals surface area (Å²) in [5, 5.41) is 14.5. The van der Waals surface area contributed by atoms with Gasteiger partial charge in [-0.1, -0.05) is 30.3 Å². The van der Waals surface area contributed by atoms with E-state index in [9.17, 15) is 9.59 Å². The van der Waals surface area contributed by atoms with Gasteiger partial charge in [-0.25, -0.2) is 4.79 Å². The molecule has 11 heteroatoms. The molecule has 3 aromatic carbocycles. The molecule has 11 nitrogen and oxygen atoms in total. The molecule has 3 aromatic rings. The van der Waals surface area contributed by atoms with E-state index >= 15 is 0 Å². The van der Waals surface area contributed by atoms with Crippen molar-refractivity contribution in [3.05, 3.63) is 84.4 Å². The molecule has 1 aliphatic rings. The van der Waals surface area contributed by atoms with Crippen LogP contribution in [0.3, 0.4) is 0 Å². The molecular formula is C30H33N3O8. The number of fused-ring (bicyclic) bond motifs is 1. The van der Waals surface area contributed by atoms with E-state index in [-0.39, 0.29) is 25.9 Å². The Labute approximate surface area is 237 Å². The summed E-state index contributed by atoms with van der Waals surface area (Å²) in [6.45, 7) is 0.174. The third kappa shape index (κ3) is 8.37. The molecule has 0 spiro atoms. The molecule has 5 N–H and O–H groups in total. The molecule has 0 fully saturated rings. The lowest BCUT2D eigenvalue weighted by Crippen LogP contribution is -2.28. The first-order valence-electron chi connectivity index (χ1n) is 13.0. The number of ether oxygens (including phenoxy) is 5. The summed E-state index contributed by atoms with van der Waals surface area (Å²) in [5.74, 6) is 1.37. The van der Waals surface area contributed by atoms with Crippen LogP contribution < -0.4 is 30.6 Å². The van der Waals surface area contributed by atoms with Gasteiger partial charge in [0.25, 0.3) is 0 Å². The SMILES string of the molecule is CO[C@@H](CC/C=C/C(=O)Nc1ccccc1N)[C@@H](OC(=O)Nc1ccc2c(c1)OCO2)c1ccc(OCCO)cc1. The number of aliphatic hydroxyl groups excluding tert-OH is 1. The van der Waals surface area contributed by atoms with Crippen molar-refractivity contribution >= 4 is 29.1 Å². The van der Waals surface area contributed by atoms with Crippen LogP contribution in [0.25, 0.3) is 0 Å². The summed E-state index contributed by atoms with van der Waals surface area (Å²) in [5.41, 5.74) is 8.04. The monoisotopic (exact) mass is 563 g/mol. The summed E-state index contributed by atoms with van der Waals surface area (Å²) < 4.78 is 27.7. The minimum atomic E-state index is -0.785. The molecule has 0 bridgehead atoms. The number of nitrogens with one attached hydrogen (secondary N) is 2. The fourth-order valence-corrected chi connectivity index (χ4v) is 4.14. The summed E-state index contributed by atoms with van der Waals surface area (Å²) >= 11 is 0. The Morgan fingerprint density at radius 1 is 1.05 bits per heavy atom. The highest BCUT2D eigenvalue weighted by Crippen LogP contribution is 2.35. The van der Waals surface area contributed by atoms with Crippen molar-refractivity contribution in [1.82, 2.24) is 0 Å². The highest BCUT2D eigenvalue weighted by atomic mass is 16.7. The summed E-state index contributed by atoms with van der Waals surface area (Å²) in [6.07, 6.45) is 2.04. The van der Waals surface area contributed by atoms with Crippen molar-refractivity contribution in [1.29, 1.82) is 0 Å². The minimum absolute atomic E-state index is 0.108. The van der Waals surface area contributed by atoms with Crippen LogP contribution in [0, 0.1) is 0 Å². The van der Waals surface area contributed by atoms with Crippen molar-refractivity contribution in [3.8, 4) is 17.2 Å². The van der Waals surface area contributed by atoms with Crippen molar-refractivity contribution in [2.24, 2.45) is 0 Å². The fourth-order valence-electron chi connectivity index (χ4n) is 4.14. The topological polar surface area (TPSA) is 151 Å². The Morgan fingerprint density at radius 3 is 2.59 bits per heavy atom. The second kappa shape index (κ2) is 14.6. The number of para-hydroxylation sites is 2. The third-order valence-electron chi connectivity index (χ3n) is 6.17. The van der Waals surface area contributed by atoms with E-state index in [2.05, 4.69) is 10.6 Å². The van der Waals surface area contributed by atoms with Crippen LogP contribution in [-0.4, -0.2) is 50.3 Å². The molecule has 0 saturated carbocycles. The molecule has 0 aliphatic carbocycles. The van der Waals surface area contributed by atoms with Gasteiger partial charge in [0, 0.05) is 18.9 Å². The molecule has 41 heavy (non-hydrogen) atoms. The predicted molar refractivity (Wildman–Crippen MR) is 153 cm³/mol. The maximum absolute atomic E-state index is 13.0. The number of allylic oxidation sites excluding steroid dienone is 1. The smallest absolute Gasteiger partial charge is 0.412 e. The first kappa shape index (κ1) is 29.2. The second-order valence-electron chi connectivity index (χ2n) is 8.99. The van der Waals surface area contributed by atoms with E-state index in [1.165, 1.54) is 13.2 Å². The predicted octanol–water partition coefficient (Wildman–Crippen LogP) is 4.65. The molecule has 1 heterocycles. The lowest BCUT2D eigenvalue weighted by Gasteiger charge is -2.26. The zero-order chi connectivity index (χ0) is 29.0. The first-order valence-corrected chi connectivity index (χ1v) is 13.0. The van der Waals surface area contributed by atoms with Crippen LogP contribution in [0.5, 0.6) is 17.2 Å². The molecule has 216 valence electrons. The van der Waals surface area contributed by atoms with Gasteiger partial charge in [-0.15, -0.1) is 0 Å². The summed E-state index contributed by atoms with van der Waals surface area (Å²) in [4.78, 5) is 25.3. The van der Waals surface area contributed by atoms with E-state index in [4.69, 9.17) is 34.5 Å². The Kier molecular flexibility index (Phi) is 10.4. The van der Waals surface area contributed by atoms with Crippen molar-refractivity contribution in [2.45, 2.75) is 25.0 Å². The Balaban J connectivity index is 1.42. The molecule has 2 atom stereocenters. The maximum atomic E-state index is 13.0. The minimum Gasteiger partial charge on any atom is -0.491 e. The highest BCUT2D eigenvalue weighted by Gasteiger charge is 2.27. The number of nitrogen functional groups attached to an aromatic ring is 1. The standard InChI is InChI=1S/C30H33N3O8/c1-37-26(8-4-5-9-28(35)33-24-7-3-2-6-23(24)31)29(20-10-13-22(14-11-20)38-17-16-34)41-30(36)32-21-12-15-25-27(18-21)40-19-39-25/h2-3,5-7,9-15,18,26,29,34H,4,8,16-17,19,31H2,1H3,(H,32,36)(H,33,35)/b9-5+/t26-,29-/m0/s1. The molecule has 0 saturated heterocycles. The van der Waals surface area contributed by atoms with E-state index < -0.39 is 18.3 Å². The van der Waals surface area contributed by atoms with Crippen molar-refractivity contribution in [3.63, 3.8) is 0 Å². The summed E-state index contributed by atoms with van der Waals surface area (Å²) in [7, 11) is 1.53. The molecule has 2 amide bonds. The van der Waals surface area contributed by atoms with Gasteiger partial charge >= 0.3 is 6.09 Å². The average Bonchev–Trinajstić information content (AvgIpc) is 3.45. The molecular weight excluding hydrogens is 530 g/mol. The van der Waals surface area contributed by atoms with Gasteiger partial charge in [-0.05, 0) is 60.9 Å². The maximum Gasteiger partial charge on any atom is 0.412 e. The van der Waals surface area contributed by atoms with E-state index in [0.29, 0.717) is 52.7 Å². The Morgan fingerprint density at radius 2 is 1.83 bits per heavy atom. The van der Waals surface area contributed by atoms with Gasteiger partial charge in [0.2, 0.25) is 12.7 Å². The number of amides is 2. The number of methoxy groups -OCH3 is 1. The second-order valence-corrected chi connectivity index (χ2v) is 8.99. The average molecular weight is 564 g/mol. The number of aliphatic hydroxyl groups is 1. The van der Waals surface area contributed by atoms with Crippen LogP contribution in [0.1, 0.15) is 24.5 Å². The van der Waals surface area contributed by atoms with Gasteiger partial charge in [-0.2, -0.15) is 0 Å². The molecule has 0 radical (unpaired) electrons. The number of carbonyl (C=O) groups excluding carboxylic acids is 2. The number of nitrogens with two attached hydrogens (primary N) is 1. The number of hydrogen-bond donors (Lipinski definition) is 4. The normalized spacial score (nSPS) is 13.4. The quantitative estimate of drug-likeness (QED) is 0.172. The van der Waals surface area contributed by atoms with Gasteiger partial charge in [0.15, 0.2) is 17.6 Å². The van der Waals surface area contributed by atoms with Crippen molar-refractivity contribution in [2.75, 3.05) is 43.5 Å². The number of benzene rings is 3. The van der Waals surface area contributed by atoms with Crippen LogP contribution in [0.2, 0.25) is 0 Å². The lowest BCUT2D eigenvalue weighted by atomic mass is 10.00. The highest BCUT2D eigenvalue weighted by molar-refractivity contribution is 6.01.